The number of rotatable bonds is 4. The molecule has 0 saturated heterocycles. The van der Waals surface area contributed by atoms with Gasteiger partial charge in [0.05, 0.1) is 23.3 Å². The Kier molecular flexibility index (Phi) is 4.20. The number of hydrogen-bond acceptors (Lipinski definition) is 2. The molecule has 0 fully saturated rings. The highest BCUT2D eigenvalue weighted by Gasteiger charge is 2.02. The van der Waals surface area contributed by atoms with Crippen molar-refractivity contribution in [1.82, 2.24) is 0 Å². The molecular formula is C12H12ClNO. The average molecular weight is 222 g/mol. The van der Waals surface area contributed by atoms with E-state index in [0.717, 1.165) is 12.0 Å². The van der Waals surface area contributed by atoms with Crippen LogP contribution in [0.25, 0.3) is 0 Å². The monoisotopic (exact) mass is 221 g/mol. The van der Waals surface area contributed by atoms with Gasteiger partial charge in [-0.3, -0.25) is 0 Å². The molecule has 1 rings (SSSR count). The van der Waals surface area contributed by atoms with E-state index in [2.05, 4.69) is 6.58 Å². The summed E-state index contributed by atoms with van der Waals surface area (Å²) in [6.07, 6.45) is 0.802. The van der Waals surface area contributed by atoms with Crippen molar-refractivity contribution in [2.24, 2.45) is 0 Å². The fraction of sp³-hybridized carbons (Fsp3) is 0.250. The van der Waals surface area contributed by atoms with E-state index in [9.17, 15) is 0 Å². The van der Waals surface area contributed by atoms with Crippen LogP contribution in [0.5, 0.6) is 5.75 Å². The number of nitrogens with zero attached hydrogens (tertiary/aromatic N) is 1. The summed E-state index contributed by atoms with van der Waals surface area (Å²) in [5, 5.41) is 9.11. The summed E-state index contributed by atoms with van der Waals surface area (Å²) in [5.74, 6) is 0.608. The SMILES string of the molecule is C=C(C)CCOc1ccc(C#N)cc1Cl. The van der Waals surface area contributed by atoms with Gasteiger partial charge < -0.3 is 4.74 Å². The molecule has 0 saturated carbocycles. The van der Waals surface area contributed by atoms with Gasteiger partial charge in [-0.1, -0.05) is 17.2 Å². The molecule has 0 amide bonds. The Morgan fingerprint density at radius 3 is 2.87 bits per heavy atom. The van der Waals surface area contributed by atoms with Crippen LogP contribution in [-0.4, -0.2) is 6.61 Å². The molecule has 1 aromatic carbocycles. The van der Waals surface area contributed by atoms with Crippen LogP contribution in [0.4, 0.5) is 0 Å². The molecule has 0 aliphatic rings. The lowest BCUT2D eigenvalue weighted by Gasteiger charge is -2.07. The van der Waals surface area contributed by atoms with Gasteiger partial charge in [-0.25, -0.2) is 0 Å². The Morgan fingerprint density at radius 2 is 2.33 bits per heavy atom. The van der Waals surface area contributed by atoms with Gasteiger partial charge in [0.1, 0.15) is 5.75 Å². The Labute approximate surface area is 94.7 Å². The van der Waals surface area contributed by atoms with E-state index in [0.29, 0.717) is 22.9 Å². The molecule has 2 nitrogen and oxygen atoms in total. The second kappa shape index (κ2) is 5.43. The summed E-state index contributed by atoms with van der Waals surface area (Å²) in [6, 6.07) is 7.00. The first kappa shape index (κ1) is 11.6. The molecule has 3 heteroatoms. The number of hydrogen-bond donors (Lipinski definition) is 0. The number of benzene rings is 1. The van der Waals surface area contributed by atoms with Gasteiger partial charge in [-0.2, -0.15) is 5.26 Å². The first-order valence-corrected chi connectivity index (χ1v) is 4.98. The zero-order valence-electron chi connectivity index (χ0n) is 8.59. The third-order valence-electron chi connectivity index (χ3n) is 1.85. The Morgan fingerprint density at radius 1 is 1.60 bits per heavy atom. The zero-order chi connectivity index (χ0) is 11.3. The van der Waals surface area contributed by atoms with Crippen LogP contribution in [0.2, 0.25) is 5.02 Å². The minimum Gasteiger partial charge on any atom is -0.492 e. The molecule has 0 N–H and O–H groups in total. The van der Waals surface area contributed by atoms with Gasteiger partial charge in [0.15, 0.2) is 0 Å². The normalized spacial score (nSPS) is 9.40. The molecule has 0 aromatic heterocycles. The Bertz CT molecular complexity index is 407. The van der Waals surface area contributed by atoms with Crippen LogP contribution in [0.3, 0.4) is 0 Å². The van der Waals surface area contributed by atoms with Crippen molar-refractivity contribution in [3.63, 3.8) is 0 Å². The first-order valence-electron chi connectivity index (χ1n) is 4.60. The summed E-state index contributed by atoms with van der Waals surface area (Å²) in [7, 11) is 0. The number of halogens is 1. The minimum absolute atomic E-state index is 0.468. The average Bonchev–Trinajstić information content (AvgIpc) is 2.20. The highest BCUT2D eigenvalue weighted by Crippen LogP contribution is 2.25. The molecule has 15 heavy (non-hydrogen) atoms. The van der Waals surface area contributed by atoms with Crippen LogP contribution in [0.1, 0.15) is 18.9 Å². The molecular weight excluding hydrogens is 210 g/mol. The summed E-state index contributed by atoms with van der Waals surface area (Å²) >= 11 is 5.92. The van der Waals surface area contributed by atoms with Gasteiger partial charge in [-0.15, -0.1) is 6.58 Å². The van der Waals surface area contributed by atoms with Gasteiger partial charge in [0, 0.05) is 6.42 Å². The Hall–Kier alpha value is -1.46. The minimum atomic E-state index is 0.468. The molecule has 0 spiro atoms. The predicted molar refractivity (Wildman–Crippen MR) is 61.1 cm³/mol. The van der Waals surface area contributed by atoms with E-state index in [1.807, 2.05) is 13.0 Å². The van der Waals surface area contributed by atoms with Crippen molar-refractivity contribution in [2.45, 2.75) is 13.3 Å². The van der Waals surface area contributed by atoms with Crippen molar-refractivity contribution < 1.29 is 4.74 Å². The van der Waals surface area contributed by atoms with Crippen molar-refractivity contribution in [2.75, 3.05) is 6.61 Å². The summed E-state index contributed by atoms with van der Waals surface area (Å²) in [4.78, 5) is 0. The van der Waals surface area contributed by atoms with E-state index >= 15 is 0 Å². The summed E-state index contributed by atoms with van der Waals surface area (Å²) in [5.41, 5.74) is 1.60. The van der Waals surface area contributed by atoms with Gasteiger partial charge in [0.25, 0.3) is 0 Å². The first-order chi connectivity index (χ1) is 7.13. The lowest BCUT2D eigenvalue weighted by atomic mass is 10.2. The van der Waals surface area contributed by atoms with E-state index in [1.165, 1.54) is 0 Å². The maximum Gasteiger partial charge on any atom is 0.137 e. The second-order valence-corrected chi connectivity index (χ2v) is 3.72. The lowest BCUT2D eigenvalue weighted by molar-refractivity contribution is 0.322. The molecule has 0 unspecified atom stereocenters. The maximum atomic E-state index is 8.64. The van der Waals surface area contributed by atoms with E-state index in [1.54, 1.807) is 18.2 Å². The number of nitriles is 1. The third kappa shape index (κ3) is 3.65. The van der Waals surface area contributed by atoms with E-state index in [4.69, 9.17) is 21.6 Å². The van der Waals surface area contributed by atoms with E-state index < -0.39 is 0 Å². The largest absolute Gasteiger partial charge is 0.492 e. The smallest absolute Gasteiger partial charge is 0.137 e. The van der Waals surface area contributed by atoms with E-state index in [-0.39, 0.29) is 0 Å². The van der Waals surface area contributed by atoms with Crippen LogP contribution in [-0.2, 0) is 0 Å². The standard InChI is InChI=1S/C12H12ClNO/c1-9(2)5-6-15-12-4-3-10(8-14)7-11(12)13/h3-4,7H,1,5-6H2,2H3. The molecule has 0 heterocycles. The quantitative estimate of drug-likeness (QED) is 0.729. The molecule has 0 aliphatic heterocycles. The fourth-order valence-electron chi connectivity index (χ4n) is 1.02. The topological polar surface area (TPSA) is 33.0 Å². The highest BCUT2D eigenvalue weighted by atomic mass is 35.5. The van der Waals surface area contributed by atoms with Crippen LogP contribution in [0, 0.1) is 11.3 Å². The Balaban J connectivity index is 2.63. The fourth-order valence-corrected chi connectivity index (χ4v) is 1.26. The zero-order valence-corrected chi connectivity index (χ0v) is 9.34. The van der Waals surface area contributed by atoms with Crippen molar-refractivity contribution in [3.8, 4) is 11.8 Å². The highest BCUT2D eigenvalue weighted by molar-refractivity contribution is 6.32. The van der Waals surface area contributed by atoms with Crippen molar-refractivity contribution in [3.05, 3.63) is 40.9 Å². The molecule has 0 bridgehead atoms. The second-order valence-electron chi connectivity index (χ2n) is 3.31. The van der Waals surface area contributed by atoms with Crippen LogP contribution >= 0.6 is 11.6 Å². The molecule has 0 atom stereocenters. The van der Waals surface area contributed by atoms with Crippen LogP contribution < -0.4 is 4.74 Å². The van der Waals surface area contributed by atoms with Gasteiger partial charge in [-0.05, 0) is 25.1 Å². The van der Waals surface area contributed by atoms with Crippen molar-refractivity contribution >= 4 is 11.6 Å². The van der Waals surface area contributed by atoms with Crippen molar-refractivity contribution in [1.29, 1.82) is 5.26 Å². The summed E-state index contributed by atoms with van der Waals surface area (Å²) < 4.78 is 5.44. The van der Waals surface area contributed by atoms with Gasteiger partial charge in [0.2, 0.25) is 0 Å². The number of ether oxygens (including phenoxy) is 1. The van der Waals surface area contributed by atoms with Crippen LogP contribution in [0.15, 0.2) is 30.4 Å². The predicted octanol–water partition coefficient (Wildman–Crippen LogP) is 3.56. The molecule has 78 valence electrons. The lowest BCUT2D eigenvalue weighted by Crippen LogP contribution is -1.98. The molecule has 0 aliphatic carbocycles. The maximum absolute atomic E-state index is 8.64. The summed E-state index contributed by atoms with van der Waals surface area (Å²) in [6.45, 7) is 6.28. The molecule has 1 aromatic rings. The van der Waals surface area contributed by atoms with Gasteiger partial charge >= 0.3 is 0 Å². The molecule has 0 radical (unpaired) electrons. The third-order valence-corrected chi connectivity index (χ3v) is 2.14.